The van der Waals surface area contributed by atoms with Crippen LogP contribution >= 0.6 is 0 Å². The molecular formula is C25H17N2O7-. The molecule has 0 aliphatic carbocycles. The summed E-state index contributed by atoms with van der Waals surface area (Å²) in [5, 5.41) is 33.8. The van der Waals surface area contributed by atoms with Crippen LogP contribution in [0.15, 0.2) is 78.4 Å². The fourth-order valence-electron chi connectivity index (χ4n) is 3.83. The molecule has 1 heterocycles. The SMILES string of the molecule is Cc1ccc(C([O-])=C2C(=O)C(=O)N(c3cccc(C(=O)O)c3)[C@H]2c2ccc([N+](=O)[O-])cc2)cc1. The Morgan fingerprint density at radius 2 is 1.62 bits per heavy atom. The van der Waals surface area contributed by atoms with Gasteiger partial charge in [-0.3, -0.25) is 24.6 Å². The Morgan fingerprint density at radius 1 is 0.971 bits per heavy atom. The molecule has 1 atom stereocenters. The van der Waals surface area contributed by atoms with E-state index in [0.717, 1.165) is 10.5 Å². The van der Waals surface area contributed by atoms with Gasteiger partial charge in [0.15, 0.2) is 0 Å². The number of rotatable bonds is 5. The van der Waals surface area contributed by atoms with E-state index in [4.69, 9.17) is 0 Å². The lowest BCUT2D eigenvalue weighted by Gasteiger charge is -2.27. The molecule has 1 aliphatic heterocycles. The fourth-order valence-corrected chi connectivity index (χ4v) is 3.83. The molecule has 1 N–H and O–H groups in total. The van der Waals surface area contributed by atoms with E-state index in [1.54, 1.807) is 24.3 Å². The van der Waals surface area contributed by atoms with E-state index < -0.39 is 34.4 Å². The van der Waals surface area contributed by atoms with Crippen molar-refractivity contribution in [1.29, 1.82) is 0 Å². The summed E-state index contributed by atoms with van der Waals surface area (Å²) in [6, 6.07) is 15.9. The zero-order chi connectivity index (χ0) is 24.6. The van der Waals surface area contributed by atoms with Crippen molar-refractivity contribution >= 4 is 34.8 Å². The zero-order valence-electron chi connectivity index (χ0n) is 17.8. The Balaban J connectivity index is 1.94. The van der Waals surface area contributed by atoms with Crippen molar-refractivity contribution in [2.75, 3.05) is 4.90 Å². The molecular weight excluding hydrogens is 440 g/mol. The zero-order valence-corrected chi connectivity index (χ0v) is 17.8. The summed E-state index contributed by atoms with van der Waals surface area (Å²) in [5.41, 5.74) is 0.866. The van der Waals surface area contributed by atoms with Gasteiger partial charge < -0.3 is 10.2 Å². The minimum atomic E-state index is -1.23. The first-order valence-corrected chi connectivity index (χ1v) is 10.1. The standard InChI is InChI=1S/C25H18N2O7/c1-14-5-7-16(8-6-14)22(28)20-21(15-9-11-18(12-10-15)27(33)34)26(24(30)23(20)29)19-4-2-3-17(13-19)25(31)32/h2-13,21,28H,1H3,(H,31,32)/p-1/t21-/m0/s1. The quantitative estimate of drug-likeness (QED) is 0.204. The summed E-state index contributed by atoms with van der Waals surface area (Å²) >= 11 is 0. The molecule has 0 aromatic heterocycles. The molecule has 0 unspecified atom stereocenters. The first-order chi connectivity index (χ1) is 16.2. The number of nitro groups is 1. The number of nitrogens with zero attached hydrogens (tertiary/aromatic N) is 2. The molecule has 0 saturated carbocycles. The maximum atomic E-state index is 13.4. The van der Waals surface area contributed by atoms with Gasteiger partial charge in [0, 0.05) is 23.4 Å². The van der Waals surface area contributed by atoms with E-state index in [1.807, 2.05) is 6.92 Å². The summed E-state index contributed by atoms with van der Waals surface area (Å²) in [6.07, 6.45) is 0. The number of ketones is 1. The largest absolute Gasteiger partial charge is 0.872 e. The Kier molecular flexibility index (Phi) is 5.68. The Labute approximate surface area is 193 Å². The molecule has 34 heavy (non-hydrogen) atoms. The Hall–Kier alpha value is -4.79. The van der Waals surface area contributed by atoms with Crippen molar-refractivity contribution in [3.05, 3.63) is 111 Å². The molecule has 1 amide bonds. The number of carboxylic acid groups (broad SMARTS) is 1. The number of nitro benzene ring substituents is 1. The number of carbonyl (C=O) groups excluding carboxylic acids is 2. The van der Waals surface area contributed by atoms with Crippen molar-refractivity contribution in [3.63, 3.8) is 0 Å². The number of anilines is 1. The van der Waals surface area contributed by atoms with Crippen LogP contribution in [0.5, 0.6) is 0 Å². The van der Waals surface area contributed by atoms with Gasteiger partial charge in [0.1, 0.15) is 0 Å². The number of amides is 1. The third-order valence-electron chi connectivity index (χ3n) is 5.54. The second-order valence-corrected chi connectivity index (χ2v) is 7.72. The second-order valence-electron chi connectivity index (χ2n) is 7.72. The van der Waals surface area contributed by atoms with Crippen LogP contribution < -0.4 is 10.0 Å². The van der Waals surface area contributed by atoms with E-state index in [-0.39, 0.29) is 28.1 Å². The highest BCUT2D eigenvalue weighted by atomic mass is 16.6. The van der Waals surface area contributed by atoms with Crippen LogP contribution in [0, 0.1) is 17.0 Å². The van der Waals surface area contributed by atoms with E-state index in [0.29, 0.717) is 5.56 Å². The molecule has 0 radical (unpaired) electrons. The number of carboxylic acids is 1. The molecule has 9 heteroatoms. The summed E-state index contributed by atoms with van der Waals surface area (Å²) in [4.78, 5) is 49.2. The van der Waals surface area contributed by atoms with Crippen LogP contribution in [0.25, 0.3) is 5.76 Å². The predicted octanol–water partition coefficient (Wildman–Crippen LogP) is 3.03. The second kappa shape index (κ2) is 8.62. The van der Waals surface area contributed by atoms with Crippen molar-refractivity contribution in [1.82, 2.24) is 0 Å². The number of Topliss-reactive ketones (excluding diaryl/α,β-unsaturated/α-hetero) is 1. The molecule has 0 bridgehead atoms. The van der Waals surface area contributed by atoms with E-state index in [1.165, 1.54) is 48.5 Å². The number of non-ortho nitro benzene ring substituents is 1. The molecule has 3 aromatic carbocycles. The first-order valence-electron chi connectivity index (χ1n) is 10.1. The number of aromatic carboxylic acids is 1. The average molecular weight is 457 g/mol. The van der Waals surface area contributed by atoms with Crippen LogP contribution in [0.3, 0.4) is 0 Å². The summed E-state index contributed by atoms with van der Waals surface area (Å²) in [5.74, 6) is -3.90. The Bertz CT molecular complexity index is 1360. The van der Waals surface area contributed by atoms with Gasteiger partial charge in [-0.15, -0.1) is 0 Å². The van der Waals surface area contributed by atoms with Crippen LogP contribution in [-0.4, -0.2) is 27.7 Å². The minimum Gasteiger partial charge on any atom is -0.872 e. The number of carbonyl (C=O) groups is 3. The maximum absolute atomic E-state index is 13.4. The van der Waals surface area contributed by atoms with Crippen molar-refractivity contribution in [2.24, 2.45) is 0 Å². The van der Waals surface area contributed by atoms with E-state index in [9.17, 15) is 34.7 Å². The van der Waals surface area contributed by atoms with Gasteiger partial charge in [-0.05, 0) is 48.4 Å². The molecule has 1 fully saturated rings. The maximum Gasteiger partial charge on any atom is 0.335 e. The lowest BCUT2D eigenvalue weighted by molar-refractivity contribution is -0.384. The Morgan fingerprint density at radius 3 is 2.21 bits per heavy atom. The van der Waals surface area contributed by atoms with Gasteiger partial charge in [-0.25, -0.2) is 4.79 Å². The third kappa shape index (κ3) is 3.90. The molecule has 1 aliphatic rings. The van der Waals surface area contributed by atoms with Gasteiger partial charge in [0.2, 0.25) is 5.78 Å². The summed E-state index contributed by atoms with van der Waals surface area (Å²) < 4.78 is 0. The minimum absolute atomic E-state index is 0.105. The molecule has 3 aromatic rings. The number of aryl methyl sites for hydroxylation is 1. The number of hydrogen-bond acceptors (Lipinski definition) is 6. The van der Waals surface area contributed by atoms with Gasteiger partial charge in [-0.1, -0.05) is 41.7 Å². The van der Waals surface area contributed by atoms with Crippen molar-refractivity contribution in [3.8, 4) is 0 Å². The smallest absolute Gasteiger partial charge is 0.335 e. The van der Waals surface area contributed by atoms with Gasteiger partial charge >= 0.3 is 5.97 Å². The van der Waals surface area contributed by atoms with Crippen LogP contribution in [-0.2, 0) is 9.59 Å². The molecule has 1 saturated heterocycles. The normalized spacial score (nSPS) is 17.1. The monoisotopic (exact) mass is 457 g/mol. The lowest BCUT2D eigenvalue weighted by Crippen LogP contribution is -2.29. The van der Waals surface area contributed by atoms with Gasteiger partial charge in [0.25, 0.3) is 11.6 Å². The topological polar surface area (TPSA) is 141 Å². The van der Waals surface area contributed by atoms with Crippen molar-refractivity contribution < 1.29 is 29.5 Å². The highest BCUT2D eigenvalue weighted by Gasteiger charge is 2.45. The van der Waals surface area contributed by atoms with Gasteiger partial charge in [0.05, 0.1) is 16.5 Å². The van der Waals surface area contributed by atoms with Gasteiger partial charge in [-0.2, -0.15) is 0 Å². The highest BCUT2D eigenvalue weighted by Crippen LogP contribution is 2.42. The lowest BCUT2D eigenvalue weighted by atomic mass is 9.94. The van der Waals surface area contributed by atoms with Crippen molar-refractivity contribution in [2.45, 2.75) is 13.0 Å². The number of benzene rings is 3. The fraction of sp³-hybridized carbons (Fsp3) is 0.0800. The molecule has 4 rings (SSSR count). The summed E-state index contributed by atoms with van der Waals surface area (Å²) in [6.45, 7) is 1.84. The van der Waals surface area contributed by atoms with Crippen LogP contribution in [0.2, 0.25) is 0 Å². The first kappa shape index (κ1) is 22.4. The summed E-state index contributed by atoms with van der Waals surface area (Å²) in [7, 11) is 0. The third-order valence-corrected chi connectivity index (χ3v) is 5.54. The highest BCUT2D eigenvalue weighted by molar-refractivity contribution is 6.51. The van der Waals surface area contributed by atoms with Crippen LogP contribution in [0.1, 0.15) is 33.1 Å². The van der Waals surface area contributed by atoms with Crippen LogP contribution in [0.4, 0.5) is 11.4 Å². The predicted molar refractivity (Wildman–Crippen MR) is 120 cm³/mol. The van der Waals surface area contributed by atoms with E-state index in [2.05, 4.69) is 0 Å². The average Bonchev–Trinajstić information content (AvgIpc) is 3.09. The molecule has 170 valence electrons. The molecule has 9 nitrogen and oxygen atoms in total. The number of hydrogen-bond donors (Lipinski definition) is 1. The molecule has 0 spiro atoms. The van der Waals surface area contributed by atoms with E-state index >= 15 is 0 Å².